The van der Waals surface area contributed by atoms with Crippen LogP contribution in [0.3, 0.4) is 0 Å². The van der Waals surface area contributed by atoms with Crippen molar-refractivity contribution in [3.05, 3.63) is 223 Å². The lowest BCUT2D eigenvalue weighted by Crippen LogP contribution is -2.47. The van der Waals surface area contributed by atoms with Gasteiger partial charge in [-0.1, -0.05) is 102 Å². The van der Waals surface area contributed by atoms with Gasteiger partial charge in [0.1, 0.15) is 35.4 Å². The number of carbonyl (C=O) groups is 7. The number of anilines is 1. The van der Waals surface area contributed by atoms with E-state index in [1.165, 1.54) is 39.3 Å². The van der Waals surface area contributed by atoms with Gasteiger partial charge < -0.3 is 57.2 Å². The Bertz CT molecular complexity index is 3670. The first kappa shape index (κ1) is 77.4. The molecule has 0 fully saturated rings. The molecule has 498 valence electrons. The Morgan fingerprint density at radius 2 is 0.745 bits per heavy atom. The number of halogens is 5. The molecule has 94 heavy (non-hydrogen) atoms. The molecule has 0 saturated carbocycles. The van der Waals surface area contributed by atoms with Crippen molar-refractivity contribution in [2.24, 2.45) is 0 Å². The molecule has 0 unspecified atom stereocenters. The van der Waals surface area contributed by atoms with Gasteiger partial charge in [-0.25, -0.2) is 0 Å². The summed E-state index contributed by atoms with van der Waals surface area (Å²) < 4.78 is 16.7. The number of nitriles is 1. The summed E-state index contributed by atoms with van der Waals surface area (Å²) >= 11 is 28.2. The second kappa shape index (κ2) is 40.2. The molecule has 0 spiro atoms. The molecule has 0 saturated heterocycles. The average Bonchev–Trinajstić information content (AvgIpc) is 1.14. The lowest BCUT2D eigenvalue weighted by atomic mass is 10.0. The smallest absolute Gasteiger partial charge is 0.251 e. The summed E-state index contributed by atoms with van der Waals surface area (Å²) in [6, 6.07) is 44.6. The summed E-state index contributed by atoms with van der Waals surface area (Å²) in [5.41, 5.74) is 11.9. The molecule has 24 heteroatoms. The molecular weight excluding hydrogens is 1300 g/mol. The van der Waals surface area contributed by atoms with Crippen molar-refractivity contribution in [2.45, 2.75) is 104 Å². The minimum atomic E-state index is -0.781. The Hall–Kier alpha value is -9.03. The van der Waals surface area contributed by atoms with Crippen LogP contribution in [-0.2, 0) is 40.2 Å². The fraction of sp³-hybridized carbons (Fsp3) is 0.286. The molecule has 0 aliphatic heterocycles. The quantitative estimate of drug-likeness (QED) is 0.0207. The van der Waals surface area contributed by atoms with E-state index in [1.54, 1.807) is 84.9 Å². The number of ether oxygens (including phenoxy) is 3. The summed E-state index contributed by atoms with van der Waals surface area (Å²) in [7, 11) is 4.56. The van der Waals surface area contributed by atoms with Crippen molar-refractivity contribution in [1.82, 2.24) is 37.2 Å². The molecule has 7 aromatic rings. The number of nitrogens with two attached hydrogens (primary N) is 1. The van der Waals surface area contributed by atoms with Crippen LogP contribution < -0.4 is 57.2 Å². The highest BCUT2D eigenvalue weighted by molar-refractivity contribution is 6.40. The van der Waals surface area contributed by atoms with Crippen LogP contribution in [0.15, 0.2) is 158 Å². The van der Waals surface area contributed by atoms with Crippen molar-refractivity contribution in [1.29, 1.82) is 5.26 Å². The van der Waals surface area contributed by atoms with Gasteiger partial charge in [-0.15, -0.1) is 23.2 Å². The molecule has 7 rings (SSSR count). The van der Waals surface area contributed by atoms with Crippen molar-refractivity contribution < 1.29 is 47.8 Å². The lowest BCUT2D eigenvalue weighted by molar-refractivity contribution is -0.123. The zero-order valence-corrected chi connectivity index (χ0v) is 57.3. The van der Waals surface area contributed by atoms with Crippen LogP contribution in [0.1, 0.15) is 111 Å². The Morgan fingerprint density at radius 3 is 1.04 bits per heavy atom. The molecule has 0 aromatic heterocycles. The number of alkyl halides is 2. The number of rotatable bonds is 24. The summed E-state index contributed by atoms with van der Waals surface area (Å²) in [4.78, 5) is 87.2. The van der Waals surface area contributed by atoms with Gasteiger partial charge >= 0.3 is 0 Å². The first-order chi connectivity index (χ1) is 44.8. The predicted octanol–water partition coefficient (Wildman–Crippen LogP) is 11.4. The van der Waals surface area contributed by atoms with Crippen LogP contribution in [0.25, 0.3) is 0 Å². The SMILES string of the molecule is CNC(=O)[C@H](Cc1ccc(C#N)cc1)NC(=O)c1ccc(OC(C)C)c(Cl)c1.CNC(=O)[C@H](Cc1ccc(CNC(=O)c2ccccc2)cc1)NC(=O)c1ccc(OC(C)C)c(Cl)c1.CNC(=O)[C@H](Cc1ccc(N)cc1)NC(=O)c1ccc(OC(C)C)c(Cl)c1.ClCCl. The zero-order valence-electron chi connectivity index (χ0n) is 53.5. The maximum atomic E-state index is 12.8. The number of nitrogens with one attached hydrogen (secondary N) is 7. The van der Waals surface area contributed by atoms with Gasteiger partial charge in [0.15, 0.2) is 0 Å². The third-order valence-electron chi connectivity index (χ3n) is 13.2. The van der Waals surface area contributed by atoms with Gasteiger partial charge in [0, 0.05) is 74.9 Å². The van der Waals surface area contributed by atoms with Gasteiger partial charge in [0.2, 0.25) is 17.7 Å². The molecule has 0 radical (unpaired) electrons. The number of hydrogen-bond acceptors (Lipinski definition) is 12. The monoisotopic (exact) mass is 1380 g/mol. The van der Waals surface area contributed by atoms with Crippen molar-refractivity contribution in [2.75, 3.05) is 32.2 Å². The van der Waals surface area contributed by atoms with E-state index in [4.69, 9.17) is 83.2 Å². The lowest BCUT2D eigenvalue weighted by Gasteiger charge is -2.18. The number of likely N-dealkylation sites (N-methyl/N-ethyl adjacent to an activating group) is 3. The molecule has 7 amide bonds. The average molecular weight is 1380 g/mol. The van der Waals surface area contributed by atoms with E-state index >= 15 is 0 Å². The third-order valence-corrected chi connectivity index (χ3v) is 14.1. The van der Waals surface area contributed by atoms with Crippen molar-refractivity contribution in [3.8, 4) is 23.3 Å². The van der Waals surface area contributed by atoms with Crippen LogP contribution in [0.5, 0.6) is 17.2 Å². The highest BCUT2D eigenvalue weighted by atomic mass is 35.5. The highest BCUT2D eigenvalue weighted by Crippen LogP contribution is 2.29. The predicted molar refractivity (Wildman–Crippen MR) is 371 cm³/mol. The molecule has 0 bridgehead atoms. The number of nitrogen functional groups attached to an aromatic ring is 1. The third kappa shape index (κ3) is 26.5. The van der Waals surface area contributed by atoms with E-state index in [1.807, 2.05) is 102 Å². The van der Waals surface area contributed by atoms with Crippen LogP contribution in [0, 0.1) is 11.3 Å². The van der Waals surface area contributed by atoms with Crippen LogP contribution >= 0.6 is 58.0 Å². The summed E-state index contributed by atoms with van der Waals surface area (Å²) in [6.45, 7) is 11.7. The van der Waals surface area contributed by atoms with E-state index < -0.39 is 35.8 Å². The summed E-state index contributed by atoms with van der Waals surface area (Å²) in [5, 5.41) is 28.9. The number of amides is 7. The van der Waals surface area contributed by atoms with Gasteiger partial charge in [-0.3, -0.25) is 33.6 Å². The van der Waals surface area contributed by atoms with E-state index in [2.05, 4.69) is 37.2 Å². The van der Waals surface area contributed by atoms with Crippen LogP contribution in [-0.4, -0.2) is 104 Å². The maximum Gasteiger partial charge on any atom is 0.251 e. The molecule has 0 heterocycles. The number of benzene rings is 7. The van der Waals surface area contributed by atoms with E-state index in [0.717, 1.165) is 22.3 Å². The Labute approximate surface area is 574 Å². The Morgan fingerprint density at radius 1 is 0.436 bits per heavy atom. The molecule has 0 aliphatic carbocycles. The maximum absolute atomic E-state index is 12.8. The van der Waals surface area contributed by atoms with E-state index in [9.17, 15) is 33.6 Å². The van der Waals surface area contributed by atoms with Crippen LogP contribution in [0.2, 0.25) is 15.1 Å². The highest BCUT2D eigenvalue weighted by Gasteiger charge is 2.25. The second-order valence-corrected chi connectivity index (χ2v) is 23.5. The Balaban J connectivity index is 0.000000298. The van der Waals surface area contributed by atoms with E-state index in [-0.39, 0.29) is 47.3 Å². The molecule has 3 atom stereocenters. The zero-order chi connectivity index (χ0) is 69.4. The van der Waals surface area contributed by atoms with Crippen molar-refractivity contribution in [3.63, 3.8) is 0 Å². The van der Waals surface area contributed by atoms with E-state index in [0.29, 0.717) is 91.6 Å². The molecule has 19 nitrogen and oxygen atoms in total. The largest absolute Gasteiger partial charge is 0.489 e. The fourth-order valence-electron chi connectivity index (χ4n) is 8.59. The fourth-order valence-corrected chi connectivity index (χ4v) is 9.27. The van der Waals surface area contributed by atoms with Crippen molar-refractivity contribution >= 4 is 105 Å². The number of nitrogens with zero attached hydrogens (tertiary/aromatic N) is 1. The van der Waals surface area contributed by atoms with Gasteiger partial charge in [-0.2, -0.15) is 5.26 Å². The number of hydrogen-bond donors (Lipinski definition) is 8. The summed E-state index contributed by atoms with van der Waals surface area (Å²) in [5.74, 6) is -0.791. The summed E-state index contributed by atoms with van der Waals surface area (Å²) in [6.07, 6.45) is 0.811. The minimum absolute atomic E-state index is 0.0280. The topological polar surface area (TPSA) is 281 Å². The molecule has 9 N–H and O–H groups in total. The molecular formula is C70H78Cl5N9O10. The standard InChI is InChI=1S/C28H30ClN3O4.C21H22ClN3O3.C20H24ClN3O3.CH2Cl2/c1-18(2)36-25-14-13-22(16-23(25)29)27(34)32-24(28(35)30-3)15-19-9-11-20(12-10-19)17-31-26(33)21-7-5-4-6-8-21;1-13(2)28-19-9-8-16(11-17(19)22)20(26)25-18(21(27)24-3)10-14-4-6-15(12-23)7-5-14;1-12(2)27-18-9-6-14(11-16(18)21)19(25)24-17(20(26)23-3)10-13-4-7-15(22)8-5-13;2-1-3/h4-14,16,18,24H,15,17H2,1-3H3,(H,30,35)(H,31,33)(H,32,34);4-9,11,13,18H,10H2,1-3H3,(H,24,27)(H,25,26);4-9,11-12,17H,10,22H2,1-3H3,(H,23,26)(H,24,25);1H2/t24-;18-;17-;/m000./s1. The second-order valence-electron chi connectivity index (χ2n) is 21.5. The first-order valence-corrected chi connectivity index (χ1v) is 31.8. The van der Waals surface area contributed by atoms with Gasteiger partial charge in [0.05, 0.1) is 50.4 Å². The van der Waals surface area contributed by atoms with Crippen LogP contribution in [0.4, 0.5) is 5.69 Å². The molecule has 0 aliphatic rings. The first-order valence-electron chi connectivity index (χ1n) is 29.6. The normalized spacial score (nSPS) is 11.4. The minimum Gasteiger partial charge on any atom is -0.489 e. The van der Waals surface area contributed by atoms with Gasteiger partial charge in [0.25, 0.3) is 23.6 Å². The van der Waals surface area contributed by atoms with Gasteiger partial charge in [-0.05, 0) is 155 Å². The number of carbonyl (C=O) groups excluding carboxylic acids is 7. The molecule has 7 aromatic carbocycles. The Kier molecular flexibility index (Phi) is 33.1.